The highest BCUT2D eigenvalue weighted by atomic mass is 32.2. The average molecular weight is 228 g/mol. The van der Waals surface area contributed by atoms with Crippen molar-refractivity contribution in [1.82, 2.24) is 14.8 Å². The van der Waals surface area contributed by atoms with Crippen molar-refractivity contribution in [3.63, 3.8) is 0 Å². The third-order valence-electron chi connectivity index (χ3n) is 1.84. The van der Waals surface area contributed by atoms with Gasteiger partial charge >= 0.3 is 0 Å². The molecule has 86 valence electrons. The Morgan fingerprint density at radius 2 is 2.20 bits per heavy atom. The van der Waals surface area contributed by atoms with Gasteiger partial charge in [0, 0.05) is 17.3 Å². The SMILES string of the molecule is CC(C)n1ncnc1CSCC(C)(C)N. The number of nitrogens with zero attached hydrogens (tertiary/aromatic N) is 3. The first kappa shape index (κ1) is 12.5. The highest BCUT2D eigenvalue weighted by molar-refractivity contribution is 7.98. The fraction of sp³-hybridized carbons (Fsp3) is 0.800. The summed E-state index contributed by atoms with van der Waals surface area (Å²) >= 11 is 1.80. The predicted octanol–water partition coefficient (Wildman–Crippen LogP) is 1.83. The summed E-state index contributed by atoms with van der Waals surface area (Å²) in [5, 5.41) is 4.19. The van der Waals surface area contributed by atoms with E-state index in [4.69, 9.17) is 5.73 Å². The van der Waals surface area contributed by atoms with Crippen molar-refractivity contribution in [2.75, 3.05) is 5.75 Å². The van der Waals surface area contributed by atoms with Crippen LogP contribution in [0.5, 0.6) is 0 Å². The molecule has 0 aliphatic heterocycles. The van der Waals surface area contributed by atoms with Gasteiger partial charge in [-0.2, -0.15) is 16.9 Å². The average Bonchev–Trinajstić information content (AvgIpc) is 2.49. The van der Waals surface area contributed by atoms with Crippen LogP contribution in [-0.4, -0.2) is 26.1 Å². The van der Waals surface area contributed by atoms with Gasteiger partial charge in [0.15, 0.2) is 0 Å². The van der Waals surface area contributed by atoms with E-state index >= 15 is 0 Å². The third kappa shape index (κ3) is 4.22. The number of thioether (sulfide) groups is 1. The molecule has 0 aromatic carbocycles. The molecule has 5 heteroatoms. The van der Waals surface area contributed by atoms with Gasteiger partial charge < -0.3 is 5.73 Å². The maximum Gasteiger partial charge on any atom is 0.138 e. The second-order valence-electron chi connectivity index (χ2n) is 4.70. The summed E-state index contributed by atoms with van der Waals surface area (Å²) < 4.78 is 1.95. The van der Waals surface area contributed by atoms with Gasteiger partial charge in [-0.1, -0.05) is 0 Å². The van der Waals surface area contributed by atoms with Gasteiger partial charge in [0.05, 0.1) is 5.75 Å². The maximum atomic E-state index is 5.91. The molecule has 0 saturated carbocycles. The predicted molar refractivity (Wildman–Crippen MR) is 64.8 cm³/mol. The molecule has 2 N–H and O–H groups in total. The number of nitrogens with two attached hydrogens (primary N) is 1. The molecule has 1 aromatic heterocycles. The van der Waals surface area contributed by atoms with Crippen LogP contribution in [-0.2, 0) is 5.75 Å². The summed E-state index contributed by atoms with van der Waals surface area (Å²) in [5.41, 5.74) is 5.79. The van der Waals surface area contributed by atoms with Gasteiger partial charge in [0.2, 0.25) is 0 Å². The van der Waals surface area contributed by atoms with E-state index in [1.54, 1.807) is 18.1 Å². The second kappa shape index (κ2) is 4.99. The molecule has 15 heavy (non-hydrogen) atoms. The lowest BCUT2D eigenvalue weighted by molar-refractivity contribution is 0.514. The van der Waals surface area contributed by atoms with Crippen LogP contribution in [0.1, 0.15) is 39.6 Å². The molecule has 0 fully saturated rings. The van der Waals surface area contributed by atoms with Crippen molar-refractivity contribution in [3.05, 3.63) is 12.2 Å². The van der Waals surface area contributed by atoms with Gasteiger partial charge in [0.1, 0.15) is 12.2 Å². The third-order valence-corrected chi connectivity index (χ3v) is 3.25. The van der Waals surface area contributed by atoms with Crippen LogP contribution in [0.25, 0.3) is 0 Å². The lowest BCUT2D eigenvalue weighted by atomic mass is 10.1. The summed E-state index contributed by atoms with van der Waals surface area (Å²) in [5.74, 6) is 2.83. The fourth-order valence-electron chi connectivity index (χ4n) is 1.21. The first-order chi connectivity index (χ1) is 6.90. The minimum Gasteiger partial charge on any atom is -0.325 e. The van der Waals surface area contributed by atoms with Crippen LogP contribution in [0.15, 0.2) is 6.33 Å². The topological polar surface area (TPSA) is 56.7 Å². The molecule has 0 atom stereocenters. The molecular formula is C10H20N4S. The summed E-state index contributed by atoms with van der Waals surface area (Å²) in [7, 11) is 0. The zero-order chi connectivity index (χ0) is 11.5. The Morgan fingerprint density at radius 3 is 2.73 bits per heavy atom. The van der Waals surface area contributed by atoms with Crippen LogP contribution in [0.4, 0.5) is 0 Å². The zero-order valence-corrected chi connectivity index (χ0v) is 10.7. The normalized spacial score (nSPS) is 12.4. The van der Waals surface area contributed by atoms with Gasteiger partial charge in [-0.15, -0.1) is 0 Å². The lowest BCUT2D eigenvalue weighted by Gasteiger charge is -2.17. The Morgan fingerprint density at radius 1 is 1.53 bits per heavy atom. The van der Waals surface area contributed by atoms with Gasteiger partial charge in [-0.3, -0.25) is 0 Å². The smallest absolute Gasteiger partial charge is 0.138 e. The number of hydrogen-bond acceptors (Lipinski definition) is 4. The lowest BCUT2D eigenvalue weighted by Crippen LogP contribution is -2.34. The van der Waals surface area contributed by atoms with Crippen molar-refractivity contribution in [1.29, 1.82) is 0 Å². The molecule has 0 radical (unpaired) electrons. The quantitative estimate of drug-likeness (QED) is 0.835. The highest BCUT2D eigenvalue weighted by Crippen LogP contribution is 2.16. The summed E-state index contributed by atoms with van der Waals surface area (Å²) in [6, 6.07) is 0.369. The number of rotatable bonds is 5. The van der Waals surface area contributed by atoms with Crippen LogP contribution < -0.4 is 5.73 Å². The molecule has 4 nitrogen and oxygen atoms in total. The number of aromatic nitrogens is 3. The standard InChI is InChI=1S/C10H20N4S/c1-8(2)14-9(12-7-13-14)5-15-6-10(3,4)11/h7-8H,5-6,11H2,1-4H3. The minimum absolute atomic E-state index is 0.118. The van der Waals surface area contributed by atoms with E-state index in [0.717, 1.165) is 17.3 Å². The molecule has 1 aromatic rings. The van der Waals surface area contributed by atoms with Gasteiger partial charge in [-0.25, -0.2) is 9.67 Å². The Labute approximate surface area is 95.6 Å². The van der Waals surface area contributed by atoms with Gasteiger partial charge in [0.25, 0.3) is 0 Å². The van der Waals surface area contributed by atoms with Crippen LogP contribution in [0.3, 0.4) is 0 Å². The van der Waals surface area contributed by atoms with Crippen molar-refractivity contribution >= 4 is 11.8 Å². The Bertz CT molecular complexity index is 301. The number of hydrogen-bond donors (Lipinski definition) is 1. The first-order valence-corrected chi connectivity index (χ1v) is 6.30. The molecule has 0 spiro atoms. The Hall–Kier alpha value is -0.550. The van der Waals surface area contributed by atoms with Crippen molar-refractivity contribution in [2.45, 2.75) is 45.0 Å². The molecule has 0 saturated heterocycles. The van der Waals surface area contributed by atoms with Crippen LogP contribution >= 0.6 is 11.8 Å². The van der Waals surface area contributed by atoms with Crippen molar-refractivity contribution in [2.24, 2.45) is 5.73 Å². The first-order valence-electron chi connectivity index (χ1n) is 5.15. The molecule has 0 aliphatic carbocycles. The Kier molecular flexibility index (Phi) is 4.16. The summed E-state index contributed by atoms with van der Waals surface area (Å²) in [4.78, 5) is 4.25. The molecule has 0 bridgehead atoms. The highest BCUT2D eigenvalue weighted by Gasteiger charge is 2.12. The largest absolute Gasteiger partial charge is 0.325 e. The second-order valence-corrected chi connectivity index (χ2v) is 5.68. The van der Waals surface area contributed by atoms with Crippen LogP contribution in [0, 0.1) is 0 Å². The molecule has 1 rings (SSSR count). The van der Waals surface area contributed by atoms with E-state index in [-0.39, 0.29) is 5.54 Å². The van der Waals surface area contributed by atoms with E-state index in [9.17, 15) is 0 Å². The van der Waals surface area contributed by atoms with Crippen molar-refractivity contribution < 1.29 is 0 Å². The van der Waals surface area contributed by atoms with Gasteiger partial charge in [-0.05, 0) is 27.7 Å². The molecule has 0 unspecified atom stereocenters. The summed E-state index contributed by atoms with van der Waals surface area (Å²) in [6.07, 6.45) is 1.61. The zero-order valence-electron chi connectivity index (χ0n) is 9.90. The van der Waals surface area contributed by atoms with E-state index in [1.807, 2.05) is 18.5 Å². The maximum absolute atomic E-state index is 5.91. The van der Waals surface area contributed by atoms with E-state index in [0.29, 0.717) is 6.04 Å². The molecular weight excluding hydrogens is 208 g/mol. The Balaban J connectivity index is 2.47. The van der Waals surface area contributed by atoms with Crippen LogP contribution in [0.2, 0.25) is 0 Å². The fourth-order valence-corrected chi connectivity index (χ4v) is 2.23. The molecule has 0 amide bonds. The monoisotopic (exact) mass is 228 g/mol. The van der Waals surface area contributed by atoms with E-state index in [1.165, 1.54) is 0 Å². The minimum atomic E-state index is -0.118. The molecule has 0 aliphatic rings. The summed E-state index contributed by atoms with van der Waals surface area (Å²) in [6.45, 7) is 8.28. The van der Waals surface area contributed by atoms with E-state index in [2.05, 4.69) is 23.9 Å². The molecule has 1 heterocycles. The van der Waals surface area contributed by atoms with Crippen molar-refractivity contribution in [3.8, 4) is 0 Å². The van der Waals surface area contributed by atoms with E-state index < -0.39 is 0 Å².